The van der Waals surface area contributed by atoms with E-state index in [0.29, 0.717) is 5.82 Å². The van der Waals surface area contributed by atoms with Crippen molar-refractivity contribution < 1.29 is 4.42 Å². The Kier molecular flexibility index (Phi) is 7.82. The molecule has 0 N–H and O–H groups in total. The van der Waals surface area contributed by atoms with Crippen molar-refractivity contribution in [2.45, 2.75) is 0 Å². The summed E-state index contributed by atoms with van der Waals surface area (Å²) < 4.78 is 6.18. The van der Waals surface area contributed by atoms with Crippen LogP contribution in [0.4, 0.5) is 0 Å². The molecule has 266 valence electrons. The van der Waals surface area contributed by atoms with Crippen LogP contribution < -0.4 is 0 Å². The monoisotopic (exact) mass is 726 g/mol. The highest BCUT2D eigenvalue weighted by atomic mass is 16.3. The third kappa shape index (κ3) is 5.94. The quantitative estimate of drug-likeness (QED) is 0.126. The Hall–Kier alpha value is -7.62. The molecule has 0 aliphatic carbocycles. The summed E-state index contributed by atoms with van der Waals surface area (Å²) in [6, 6.07) is 72.8. The normalized spacial score (nSPS) is 11.5. The molecule has 2 heterocycles. The molecule has 0 bridgehead atoms. The number of rotatable bonds is 6. The highest BCUT2D eigenvalue weighted by Gasteiger charge is 2.15. The minimum atomic E-state index is 0.680. The first kappa shape index (κ1) is 32.8. The van der Waals surface area contributed by atoms with Gasteiger partial charge in [-0.25, -0.2) is 9.97 Å². The molecule has 0 spiro atoms. The van der Waals surface area contributed by atoms with Crippen LogP contribution in [0.1, 0.15) is 0 Å². The fourth-order valence-corrected chi connectivity index (χ4v) is 8.18. The molecule has 2 aromatic heterocycles. The topological polar surface area (TPSA) is 38.9 Å². The summed E-state index contributed by atoms with van der Waals surface area (Å²) in [6.07, 6.45) is 0. The van der Waals surface area contributed by atoms with E-state index in [2.05, 4.69) is 182 Å². The fourth-order valence-electron chi connectivity index (χ4n) is 8.18. The van der Waals surface area contributed by atoms with Gasteiger partial charge in [0.05, 0.1) is 11.4 Å². The molecule has 3 heteroatoms. The average molecular weight is 727 g/mol. The zero-order chi connectivity index (χ0) is 37.7. The van der Waals surface area contributed by atoms with Crippen LogP contribution in [0.25, 0.3) is 111 Å². The van der Waals surface area contributed by atoms with E-state index in [9.17, 15) is 0 Å². The molecule has 0 radical (unpaired) electrons. The molecule has 0 saturated carbocycles. The van der Waals surface area contributed by atoms with Crippen molar-refractivity contribution in [1.29, 1.82) is 0 Å². The van der Waals surface area contributed by atoms with E-state index in [-0.39, 0.29) is 0 Å². The summed E-state index contributed by atoms with van der Waals surface area (Å²) in [5, 5.41) is 8.59. The van der Waals surface area contributed by atoms with E-state index in [1.165, 1.54) is 49.0 Å². The van der Waals surface area contributed by atoms with E-state index in [4.69, 9.17) is 14.4 Å². The third-order valence-electron chi connectivity index (χ3n) is 11.1. The van der Waals surface area contributed by atoms with Gasteiger partial charge in [-0.15, -0.1) is 0 Å². The highest BCUT2D eigenvalue weighted by molar-refractivity contribution is 6.20. The molecule has 11 aromatic rings. The number of furan rings is 1. The molecule has 0 atom stereocenters. The Morgan fingerprint density at radius 1 is 0.298 bits per heavy atom. The lowest BCUT2D eigenvalue weighted by Crippen LogP contribution is -1.96. The van der Waals surface area contributed by atoms with Crippen LogP contribution in [0.15, 0.2) is 211 Å². The number of benzene rings is 9. The molecule has 0 saturated heterocycles. The van der Waals surface area contributed by atoms with Gasteiger partial charge in [0.15, 0.2) is 5.82 Å². The Labute approximate surface area is 330 Å². The fraction of sp³-hybridized carbons (Fsp3) is 0. The molecular weight excluding hydrogens is 693 g/mol. The predicted molar refractivity (Wildman–Crippen MR) is 237 cm³/mol. The molecule has 0 aliphatic heterocycles. The van der Waals surface area contributed by atoms with Crippen LogP contribution in [-0.4, -0.2) is 9.97 Å². The van der Waals surface area contributed by atoms with Crippen molar-refractivity contribution in [2.75, 3.05) is 0 Å². The largest absolute Gasteiger partial charge is 0.456 e. The molecule has 0 amide bonds. The maximum atomic E-state index is 6.18. The number of aromatic nitrogens is 2. The zero-order valence-electron chi connectivity index (χ0n) is 30.9. The van der Waals surface area contributed by atoms with Crippen molar-refractivity contribution in [2.24, 2.45) is 0 Å². The second kappa shape index (κ2) is 13.6. The molecule has 0 aliphatic rings. The van der Waals surface area contributed by atoms with Crippen molar-refractivity contribution in [1.82, 2.24) is 9.97 Å². The van der Waals surface area contributed by atoms with Crippen molar-refractivity contribution >= 4 is 43.3 Å². The Bertz CT molecular complexity index is 3220. The summed E-state index contributed by atoms with van der Waals surface area (Å²) in [6.45, 7) is 0. The van der Waals surface area contributed by atoms with E-state index < -0.39 is 0 Å². The van der Waals surface area contributed by atoms with Gasteiger partial charge >= 0.3 is 0 Å². The minimum absolute atomic E-state index is 0.680. The number of nitrogens with zero attached hydrogens (tertiary/aromatic N) is 2. The lowest BCUT2D eigenvalue weighted by Gasteiger charge is -2.15. The van der Waals surface area contributed by atoms with Gasteiger partial charge in [0.25, 0.3) is 0 Å². The Morgan fingerprint density at radius 3 is 1.56 bits per heavy atom. The van der Waals surface area contributed by atoms with E-state index in [1.54, 1.807) is 0 Å². The maximum Gasteiger partial charge on any atom is 0.160 e. The van der Waals surface area contributed by atoms with Gasteiger partial charge < -0.3 is 4.42 Å². The van der Waals surface area contributed by atoms with Crippen LogP contribution in [0.5, 0.6) is 0 Å². The Balaban J connectivity index is 1.02. The third-order valence-corrected chi connectivity index (χ3v) is 11.1. The summed E-state index contributed by atoms with van der Waals surface area (Å²) in [5.41, 5.74) is 11.4. The summed E-state index contributed by atoms with van der Waals surface area (Å²) in [4.78, 5) is 10.4. The molecule has 3 nitrogen and oxygen atoms in total. The minimum Gasteiger partial charge on any atom is -0.456 e. The number of hydrogen-bond acceptors (Lipinski definition) is 3. The standard InChI is InChI=1S/C54H34N2O/c1-2-10-35(11-3-1)36-18-28-42(29-19-36)54-55-49(38-20-24-40(25-21-38)52-33-44-14-6-9-17-51(44)57-52)34-50(56-54)39-22-26-41(27-23-39)53-46-16-8-5-13-43(46)32-48-45-15-7-4-12-37(45)30-31-47(48)53/h1-34H. The number of fused-ring (bicyclic) bond motifs is 5. The van der Waals surface area contributed by atoms with Gasteiger partial charge in [-0.3, -0.25) is 0 Å². The summed E-state index contributed by atoms with van der Waals surface area (Å²) in [7, 11) is 0. The summed E-state index contributed by atoms with van der Waals surface area (Å²) >= 11 is 0. The van der Waals surface area contributed by atoms with Crippen molar-refractivity contribution in [3.8, 4) is 67.5 Å². The Morgan fingerprint density at radius 2 is 0.842 bits per heavy atom. The molecule has 0 fully saturated rings. The van der Waals surface area contributed by atoms with Crippen molar-refractivity contribution in [3.63, 3.8) is 0 Å². The van der Waals surface area contributed by atoms with Gasteiger partial charge in [0.2, 0.25) is 0 Å². The maximum absolute atomic E-state index is 6.18. The SMILES string of the molecule is c1ccc(-c2ccc(-c3nc(-c4ccc(-c5cc6ccccc6o5)cc4)cc(-c4ccc(-c5c6ccccc6cc6c5ccc5ccccc56)cc4)n3)cc2)cc1. The van der Waals surface area contributed by atoms with Gasteiger partial charge in [-0.1, -0.05) is 182 Å². The number of para-hydroxylation sites is 1. The molecule has 0 unspecified atom stereocenters. The van der Waals surface area contributed by atoms with E-state index >= 15 is 0 Å². The molecule has 11 rings (SSSR count). The lowest BCUT2D eigenvalue weighted by atomic mass is 9.89. The van der Waals surface area contributed by atoms with Crippen LogP contribution >= 0.6 is 0 Å². The second-order valence-electron chi connectivity index (χ2n) is 14.6. The first-order valence-electron chi connectivity index (χ1n) is 19.3. The lowest BCUT2D eigenvalue weighted by molar-refractivity contribution is 0.631. The zero-order valence-corrected chi connectivity index (χ0v) is 30.9. The first-order chi connectivity index (χ1) is 28.2. The van der Waals surface area contributed by atoms with Gasteiger partial charge in [-0.2, -0.15) is 0 Å². The van der Waals surface area contributed by atoms with Crippen LogP contribution in [-0.2, 0) is 0 Å². The van der Waals surface area contributed by atoms with Gasteiger partial charge in [0.1, 0.15) is 11.3 Å². The van der Waals surface area contributed by atoms with Gasteiger partial charge in [0, 0.05) is 27.6 Å². The first-order valence-corrected chi connectivity index (χ1v) is 19.3. The molecule has 57 heavy (non-hydrogen) atoms. The second-order valence-corrected chi connectivity index (χ2v) is 14.6. The van der Waals surface area contributed by atoms with Crippen LogP contribution in [0, 0.1) is 0 Å². The molecular formula is C54H34N2O. The van der Waals surface area contributed by atoms with Gasteiger partial charge in [-0.05, 0) is 78.8 Å². The smallest absolute Gasteiger partial charge is 0.160 e. The predicted octanol–water partition coefficient (Wildman–Crippen LogP) is 14.7. The van der Waals surface area contributed by atoms with Crippen LogP contribution in [0.2, 0.25) is 0 Å². The van der Waals surface area contributed by atoms with Crippen molar-refractivity contribution in [3.05, 3.63) is 206 Å². The number of hydrogen-bond donors (Lipinski definition) is 0. The molecule has 9 aromatic carbocycles. The highest BCUT2D eigenvalue weighted by Crippen LogP contribution is 2.40. The van der Waals surface area contributed by atoms with Crippen LogP contribution in [0.3, 0.4) is 0 Å². The summed E-state index contributed by atoms with van der Waals surface area (Å²) in [5.74, 6) is 1.53. The van der Waals surface area contributed by atoms with E-state index in [0.717, 1.165) is 55.9 Å². The van der Waals surface area contributed by atoms with E-state index in [1.807, 2.05) is 24.3 Å². The average Bonchev–Trinajstić information content (AvgIpc) is 3.73.